The molecule has 7 heteroatoms. The van der Waals surface area contributed by atoms with E-state index < -0.39 is 0 Å². The predicted octanol–water partition coefficient (Wildman–Crippen LogP) is 2.55. The molecule has 0 bridgehead atoms. The molecule has 0 radical (unpaired) electrons. The molecule has 1 saturated heterocycles. The number of benzene rings is 2. The summed E-state index contributed by atoms with van der Waals surface area (Å²) in [5, 5.41) is 3.38. The van der Waals surface area contributed by atoms with Gasteiger partial charge in [0.1, 0.15) is 0 Å². The van der Waals surface area contributed by atoms with Gasteiger partial charge in [0.05, 0.1) is 23.8 Å². The summed E-state index contributed by atoms with van der Waals surface area (Å²) in [6.45, 7) is 4.39. The van der Waals surface area contributed by atoms with Gasteiger partial charge in [0.2, 0.25) is 11.8 Å². The second-order valence-electron chi connectivity index (χ2n) is 7.32. The van der Waals surface area contributed by atoms with Crippen LogP contribution in [0.2, 0.25) is 5.02 Å². The van der Waals surface area contributed by atoms with Gasteiger partial charge in [-0.15, -0.1) is 0 Å². The van der Waals surface area contributed by atoms with E-state index in [0.717, 1.165) is 31.7 Å². The Labute approximate surface area is 177 Å². The van der Waals surface area contributed by atoms with Gasteiger partial charge < -0.3 is 10.2 Å². The summed E-state index contributed by atoms with van der Waals surface area (Å²) in [7, 11) is 1.84. The molecule has 2 amide bonds. The minimum atomic E-state index is -0.0785. The van der Waals surface area contributed by atoms with Crippen LogP contribution in [0.5, 0.6) is 0 Å². The Morgan fingerprint density at radius 1 is 0.931 bits per heavy atom. The molecule has 29 heavy (non-hydrogen) atoms. The van der Waals surface area contributed by atoms with Crippen LogP contribution in [0.25, 0.3) is 0 Å². The van der Waals surface area contributed by atoms with E-state index in [1.807, 2.05) is 49.5 Å². The number of amides is 2. The van der Waals surface area contributed by atoms with Crippen LogP contribution in [-0.4, -0.2) is 72.8 Å². The zero-order valence-electron chi connectivity index (χ0n) is 16.7. The summed E-state index contributed by atoms with van der Waals surface area (Å²) in [5.41, 5.74) is 1.75. The highest BCUT2D eigenvalue weighted by molar-refractivity contribution is 6.33. The van der Waals surface area contributed by atoms with Gasteiger partial charge >= 0.3 is 0 Å². The van der Waals surface area contributed by atoms with Crippen molar-refractivity contribution in [2.24, 2.45) is 0 Å². The van der Waals surface area contributed by atoms with Crippen molar-refractivity contribution in [3.05, 3.63) is 65.2 Å². The Morgan fingerprint density at radius 3 is 2.17 bits per heavy atom. The molecule has 6 nitrogen and oxygen atoms in total. The zero-order chi connectivity index (χ0) is 20.6. The van der Waals surface area contributed by atoms with E-state index >= 15 is 0 Å². The van der Waals surface area contributed by atoms with Crippen molar-refractivity contribution in [3.63, 3.8) is 0 Å². The fraction of sp³-hybridized carbons (Fsp3) is 0.364. The Bertz CT molecular complexity index is 823. The third-order valence-corrected chi connectivity index (χ3v) is 5.36. The van der Waals surface area contributed by atoms with E-state index in [9.17, 15) is 9.59 Å². The quantitative estimate of drug-likeness (QED) is 0.756. The SMILES string of the molecule is CN(Cc1ccccc1)C(=O)CN1CCN(CC(=O)Nc2ccccc2Cl)CC1. The molecule has 1 aliphatic heterocycles. The molecule has 0 aliphatic carbocycles. The molecule has 3 rings (SSSR count). The molecule has 0 unspecified atom stereocenters. The average Bonchev–Trinajstić information content (AvgIpc) is 2.72. The number of piperazine rings is 1. The fourth-order valence-electron chi connectivity index (χ4n) is 3.32. The molecule has 2 aromatic rings. The molecular weight excluding hydrogens is 388 g/mol. The highest BCUT2D eigenvalue weighted by Crippen LogP contribution is 2.20. The van der Waals surface area contributed by atoms with E-state index in [1.54, 1.807) is 17.0 Å². The minimum Gasteiger partial charge on any atom is -0.340 e. The largest absolute Gasteiger partial charge is 0.340 e. The maximum absolute atomic E-state index is 12.5. The van der Waals surface area contributed by atoms with E-state index in [2.05, 4.69) is 15.1 Å². The van der Waals surface area contributed by atoms with Gasteiger partial charge in [-0.1, -0.05) is 54.1 Å². The normalized spacial score (nSPS) is 15.1. The maximum atomic E-state index is 12.5. The van der Waals surface area contributed by atoms with Gasteiger partial charge in [-0.25, -0.2) is 0 Å². The second-order valence-corrected chi connectivity index (χ2v) is 7.72. The molecule has 0 atom stereocenters. The van der Waals surface area contributed by atoms with Crippen molar-refractivity contribution in [2.45, 2.75) is 6.54 Å². The molecule has 0 aromatic heterocycles. The zero-order valence-corrected chi connectivity index (χ0v) is 17.4. The summed E-state index contributed by atoms with van der Waals surface area (Å²) in [6, 6.07) is 17.2. The lowest BCUT2D eigenvalue weighted by molar-refractivity contribution is -0.132. The molecule has 154 valence electrons. The highest BCUT2D eigenvalue weighted by atomic mass is 35.5. The molecule has 1 fully saturated rings. The highest BCUT2D eigenvalue weighted by Gasteiger charge is 2.22. The monoisotopic (exact) mass is 414 g/mol. The standard InChI is InChI=1S/C22H27ClN4O2/c1-25(15-18-7-3-2-4-8-18)22(29)17-27-13-11-26(12-14-27)16-21(28)24-20-10-6-5-9-19(20)23/h2-10H,11-17H2,1H3,(H,24,28). The molecule has 0 saturated carbocycles. The van der Waals surface area contributed by atoms with Crippen LogP contribution in [0.1, 0.15) is 5.56 Å². The molecule has 1 N–H and O–H groups in total. The van der Waals surface area contributed by atoms with Gasteiger partial charge in [0.25, 0.3) is 0 Å². The van der Waals surface area contributed by atoms with E-state index in [4.69, 9.17) is 11.6 Å². The summed E-state index contributed by atoms with van der Waals surface area (Å²) < 4.78 is 0. The van der Waals surface area contributed by atoms with Gasteiger partial charge in [0.15, 0.2) is 0 Å². The number of carbonyl (C=O) groups is 2. The van der Waals surface area contributed by atoms with E-state index in [-0.39, 0.29) is 11.8 Å². The summed E-state index contributed by atoms with van der Waals surface area (Å²) in [6.07, 6.45) is 0. The van der Waals surface area contributed by atoms with Crippen molar-refractivity contribution in [1.82, 2.24) is 14.7 Å². The summed E-state index contributed by atoms with van der Waals surface area (Å²) >= 11 is 6.08. The smallest absolute Gasteiger partial charge is 0.238 e. The number of likely N-dealkylation sites (N-methyl/N-ethyl adjacent to an activating group) is 1. The van der Waals surface area contributed by atoms with Crippen LogP contribution in [0.4, 0.5) is 5.69 Å². The first-order valence-electron chi connectivity index (χ1n) is 9.78. The Balaban J connectivity index is 1.39. The Morgan fingerprint density at radius 2 is 1.52 bits per heavy atom. The van der Waals surface area contributed by atoms with Crippen LogP contribution in [0.3, 0.4) is 0 Å². The summed E-state index contributed by atoms with van der Waals surface area (Å²) in [4.78, 5) is 30.8. The minimum absolute atomic E-state index is 0.0785. The first-order valence-corrected chi connectivity index (χ1v) is 10.2. The number of anilines is 1. The number of rotatable bonds is 7. The maximum Gasteiger partial charge on any atom is 0.238 e. The molecule has 0 spiro atoms. The lowest BCUT2D eigenvalue weighted by Gasteiger charge is -2.34. The number of nitrogens with one attached hydrogen (secondary N) is 1. The van der Waals surface area contributed by atoms with Crippen molar-refractivity contribution in [1.29, 1.82) is 0 Å². The number of para-hydroxylation sites is 1. The predicted molar refractivity (Wildman–Crippen MR) is 116 cm³/mol. The number of hydrogen-bond donors (Lipinski definition) is 1. The van der Waals surface area contributed by atoms with Crippen molar-refractivity contribution in [3.8, 4) is 0 Å². The number of nitrogens with zero attached hydrogens (tertiary/aromatic N) is 3. The second kappa shape index (κ2) is 10.4. The molecule has 2 aromatic carbocycles. The molecule has 1 aliphatic rings. The lowest BCUT2D eigenvalue weighted by Crippen LogP contribution is -2.51. The average molecular weight is 415 g/mol. The fourth-order valence-corrected chi connectivity index (χ4v) is 3.50. The third-order valence-electron chi connectivity index (χ3n) is 5.03. The van der Waals surface area contributed by atoms with Crippen LogP contribution in [0.15, 0.2) is 54.6 Å². The van der Waals surface area contributed by atoms with Gasteiger partial charge in [-0.05, 0) is 17.7 Å². The number of carbonyl (C=O) groups excluding carboxylic acids is 2. The van der Waals surface area contributed by atoms with Gasteiger partial charge in [-0.3, -0.25) is 19.4 Å². The topological polar surface area (TPSA) is 55.9 Å². The Hall–Kier alpha value is -2.41. The van der Waals surface area contributed by atoms with Crippen molar-refractivity contribution in [2.75, 3.05) is 51.6 Å². The number of halogens is 1. The third kappa shape index (κ3) is 6.56. The van der Waals surface area contributed by atoms with Crippen molar-refractivity contribution < 1.29 is 9.59 Å². The molecular formula is C22H27ClN4O2. The van der Waals surface area contributed by atoms with E-state index in [0.29, 0.717) is 30.3 Å². The number of hydrogen-bond acceptors (Lipinski definition) is 4. The molecule has 1 heterocycles. The summed E-state index contributed by atoms with van der Waals surface area (Å²) in [5.74, 6) is 0.0315. The van der Waals surface area contributed by atoms with Crippen molar-refractivity contribution >= 4 is 29.1 Å². The van der Waals surface area contributed by atoms with Gasteiger partial charge in [-0.2, -0.15) is 0 Å². The van der Waals surface area contributed by atoms with Crippen LogP contribution < -0.4 is 5.32 Å². The lowest BCUT2D eigenvalue weighted by atomic mass is 10.2. The first-order chi connectivity index (χ1) is 14.0. The van der Waals surface area contributed by atoms with Crippen LogP contribution >= 0.6 is 11.6 Å². The van der Waals surface area contributed by atoms with Crippen LogP contribution in [-0.2, 0) is 16.1 Å². The van der Waals surface area contributed by atoms with Crippen LogP contribution in [0, 0.1) is 0 Å². The van der Waals surface area contributed by atoms with E-state index in [1.165, 1.54) is 0 Å². The van der Waals surface area contributed by atoms with Gasteiger partial charge in [0, 0.05) is 39.8 Å². The first kappa shape index (κ1) is 21.3. The Kier molecular flexibility index (Phi) is 7.63.